The summed E-state index contributed by atoms with van der Waals surface area (Å²) in [6.45, 7) is 3.09. The van der Waals surface area contributed by atoms with Crippen molar-refractivity contribution in [1.29, 1.82) is 0 Å². The van der Waals surface area contributed by atoms with Crippen molar-refractivity contribution in [3.05, 3.63) is 12.7 Å². The highest BCUT2D eigenvalue weighted by molar-refractivity contribution is 6.27. The second-order valence-electron chi connectivity index (χ2n) is 1.41. The molecule has 0 saturated heterocycles. The fourth-order valence-corrected chi connectivity index (χ4v) is 0.200. The molecular weight excluding hydrogens is 168 g/mol. The van der Waals surface area contributed by atoms with Gasteiger partial charge in [-0.25, -0.2) is 0 Å². The zero-order valence-corrected chi connectivity index (χ0v) is 7.02. The van der Waals surface area contributed by atoms with E-state index in [4.69, 9.17) is 11.6 Å². The maximum absolute atomic E-state index is 9.94. The SMILES string of the molecule is C=CC(N)=O.CNC(=O)CCl. The molecule has 0 aliphatic carbocycles. The number of nitrogens with one attached hydrogen (secondary N) is 1. The predicted molar refractivity (Wildman–Crippen MR) is 44.2 cm³/mol. The molecule has 0 fully saturated rings. The maximum atomic E-state index is 9.94. The molecule has 11 heavy (non-hydrogen) atoms. The van der Waals surface area contributed by atoms with Crippen molar-refractivity contribution in [2.24, 2.45) is 5.73 Å². The van der Waals surface area contributed by atoms with Gasteiger partial charge in [-0.1, -0.05) is 6.58 Å². The third-order valence-corrected chi connectivity index (χ3v) is 0.844. The number of halogens is 1. The number of hydrogen-bond donors (Lipinski definition) is 2. The fraction of sp³-hybridized carbons (Fsp3) is 0.333. The van der Waals surface area contributed by atoms with Gasteiger partial charge in [0.2, 0.25) is 11.8 Å². The Bertz CT molecular complexity index is 142. The standard InChI is InChI=1S/C3H6ClNO.C3H5NO/c1-5-3(6)2-4;1-2-3(4)5/h2H2,1H3,(H,5,6);2H,1H2,(H2,4,5). The van der Waals surface area contributed by atoms with Crippen LogP contribution < -0.4 is 11.1 Å². The molecular formula is C6H11ClN2O2. The van der Waals surface area contributed by atoms with E-state index in [1.54, 1.807) is 7.05 Å². The van der Waals surface area contributed by atoms with Crippen LogP contribution in [-0.2, 0) is 9.59 Å². The fourth-order valence-electron chi connectivity index (χ4n) is 0.0668. The Morgan fingerprint density at radius 2 is 2.09 bits per heavy atom. The monoisotopic (exact) mass is 178 g/mol. The van der Waals surface area contributed by atoms with E-state index in [2.05, 4.69) is 17.6 Å². The lowest BCUT2D eigenvalue weighted by Gasteiger charge is -1.85. The molecule has 0 rings (SSSR count). The first-order valence-corrected chi connectivity index (χ1v) is 3.30. The van der Waals surface area contributed by atoms with Crippen LogP contribution in [0.2, 0.25) is 0 Å². The topological polar surface area (TPSA) is 72.2 Å². The first kappa shape index (κ1) is 12.6. The summed E-state index contributed by atoms with van der Waals surface area (Å²) in [5.74, 6) is -0.571. The second kappa shape index (κ2) is 8.97. The highest BCUT2D eigenvalue weighted by Gasteiger charge is 1.86. The molecule has 0 heterocycles. The van der Waals surface area contributed by atoms with Crippen molar-refractivity contribution >= 4 is 23.4 Å². The van der Waals surface area contributed by atoms with E-state index in [9.17, 15) is 9.59 Å². The number of nitrogens with two attached hydrogens (primary N) is 1. The number of rotatable bonds is 2. The molecule has 0 aromatic heterocycles. The highest BCUT2D eigenvalue weighted by atomic mass is 35.5. The van der Waals surface area contributed by atoms with Crippen molar-refractivity contribution in [1.82, 2.24) is 5.32 Å². The first-order chi connectivity index (χ1) is 5.08. The van der Waals surface area contributed by atoms with E-state index >= 15 is 0 Å². The van der Waals surface area contributed by atoms with Crippen molar-refractivity contribution in [2.45, 2.75) is 0 Å². The Kier molecular flexibility index (Phi) is 10.3. The molecule has 4 nitrogen and oxygen atoms in total. The molecule has 2 amide bonds. The summed E-state index contributed by atoms with van der Waals surface area (Å²) < 4.78 is 0. The average molecular weight is 179 g/mol. The van der Waals surface area contributed by atoms with Crippen molar-refractivity contribution < 1.29 is 9.59 Å². The third kappa shape index (κ3) is 17.6. The van der Waals surface area contributed by atoms with Gasteiger partial charge in [-0.3, -0.25) is 9.59 Å². The van der Waals surface area contributed by atoms with Crippen LogP contribution in [0.5, 0.6) is 0 Å². The molecule has 0 saturated carbocycles. The van der Waals surface area contributed by atoms with Gasteiger partial charge in [-0.15, -0.1) is 11.6 Å². The van der Waals surface area contributed by atoms with Gasteiger partial charge in [0.05, 0.1) is 0 Å². The van der Waals surface area contributed by atoms with E-state index in [1.165, 1.54) is 0 Å². The van der Waals surface area contributed by atoms with Gasteiger partial charge in [0.1, 0.15) is 5.88 Å². The number of primary amides is 1. The van der Waals surface area contributed by atoms with E-state index in [-0.39, 0.29) is 11.8 Å². The Morgan fingerprint density at radius 3 is 2.09 bits per heavy atom. The van der Waals surface area contributed by atoms with E-state index in [1.807, 2.05) is 0 Å². The van der Waals surface area contributed by atoms with Crippen LogP contribution in [0, 0.1) is 0 Å². The van der Waals surface area contributed by atoms with Crippen LogP contribution in [0.3, 0.4) is 0 Å². The van der Waals surface area contributed by atoms with Crippen molar-refractivity contribution in [3.63, 3.8) is 0 Å². The Hall–Kier alpha value is -1.03. The summed E-state index contributed by atoms with van der Waals surface area (Å²) in [4.78, 5) is 19.4. The lowest BCUT2D eigenvalue weighted by atomic mass is 10.6. The molecule has 0 aromatic rings. The van der Waals surface area contributed by atoms with Crippen LogP contribution in [0.25, 0.3) is 0 Å². The highest BCUT2D eigenvalue weighted by Crippen LogP contribution is 1.68. The molecule has 0 atom stereocenters. The molecule has 0 aliphatic rings. The summed E-state index contributed by atoms with van der Waals surface area (Å²) in [5.41, 5.74) is 4.53. The minimum Gasteiger partial charge on any atom is -0.366 e. The van der Waals surface area contributed by atoms with E-state index in [0.717, 1.165) is 6.08 Å². The van der Waals surface area contributed by atoms with Crippen molar-refractivity contribution in [2.75, 3.05) is 12.9 Å². The number of carbonyl (C=O) groups is 2. The smallest absolute Gasteiger partial charge is 0.240 e. The molecule has 64 valence electrons. The normalized spacial score (nSPS) is 7.09. The first-order valence-electron chi connectivity index (χ1n) is 2.76. The average Bonchev–Trinajstić information content (AvgIpc) is 2.04. The minimum absolute atomic E-state index is 0.0521. The number of alkyl halides is 1. The number of carbonyl (C=O) groups excluding carboxylic acids is 2. The zero-order valence-electron chi connectivity index (χ0n) is 6.26. The summed E-state index contributed by atoms with van der Waals surface area (Å²) in [5, 5.41) is 2.34. The Morgan fingerprint density at radius 1 is 1.73 bits per heavy atom. The van der Waals surface area contributed by atoms with Gasteiger partial charge < -0.3 is 11.1 Å². The van der Waals surface area contributed by atoms with Gasteiger partial charge in [0, 0.05) is 7.05 Å². The van der Waals surface area contributed by atoms with Gasteiger partial charge in [0.15, 0.2) is 0 Å². The maximum Gasteiger partial charge on any atom is 0.240 e. The van der Waals surface area contributed by atoms with Gasteiger partial charge in [-0.05, 0) is 6.08 Å². The lowest BCUT2D eigenvalue weighted by molar-refractivity contribution is -0.118. The molecule has 5 heteroatoms. The largest absolute Gasteiger partial charge is 0.366 e. The zero-order chi connectivity index (χ0) is 9.28. The van der Waals surface area contributed by atoms with Crippen LogP contribution in [0.1, 0.15) is 0 Å². The number of amides is 2. The molecule has 3 N–H and O–H groups in total. The second-order valence-corrected chi connectivity index (χ2v) is 1.68. The van der Waals surface area contributed by atoms with Crippen LogP contribution in [0.15, 0.2) is 12.7 Å². The van der Waals surface area contributed by atoms with Crippen LogP contribution in [-0.4, -0.2) is 24.7 Å². The van der Waals surface area contributed by atoms with Gasteiger partial charge in [0.25, 0.3) is 0 Å². The predicted octanol–water partition coefficient (Wildman–Crippen LogP) is -0.371. The minimum atomic E-state index is -0.481. The Balaban J connectivity index is 0. The summed E-state index contributed by atoms with van der Waals surface area (Å²) >= 11 is 5.04. The molecule has 0 aromatic carbocycles. The molecule has 0 bridgehead atoms. The van der Waals surface area contributed by atoms with Crippen LogP contribution in [0.4, 0.5) is 0 Å². The number of hydrogen-bond acceptors (Lipinski definition) is 2. The summed E-state index contributed by atoms with van der Waals surface area (Å²) in [6.07, 6.45) is 1.06. The Labute approximate surface area is 70.4 Å². The quantitative estimate of drug-likeness (QED) is 0.447. The van der Waals surface area contributed by atoms with Gasteiger partial charge in [-0.2, -0.15) is 0 Å². The van der Waals surface area contributed by atoms with Gasteiger partial charge >= 0.3 is 0 Å². The van der Waals surface area contributed by atoms with E-state index < -0.39 is 5.91 Å². The molecule has 0 spiro atoms. The molecule has 0 unspecified atom stereocenters. The van der Waals surface area contributed by atoms with E-state index in [0.29, 0.717) is 0 Å². The molecule has 0 aliphatic heterocycles. The molecule has 0 radical (unpaired) electrons. The lowest BCUT2D eigenvalue weighted by Crippen LogP contribution is -2.18. The van der Waals surface area contributed by atoms with Crippen LogP contribution >= 0.6 is 11.6 Å². The summed E-state index contributed by atoms with van der Waals surface area (Å²) in [6, 6.07) is 0. The summed E-state index contributed by atoms with van der Waals surface area (Å²) in [7, 11) is 1.55. The van der Waals surface area contributed by atoms with Crippen molar-refractivity contribution in [3.8, 4) is 0 Å². The third-order valence-electron chi connectivity index (χ3n) is 0.601.